The Hall–Kier alpha value is -1.87. The molecule has 0 saturated heterocycles. The number of hydrogen-bond acceptors (Lipinski definition) is 4. The van der Waals surface area contributed by atoms with Crippen molar-refractivity contribution in [1.29, 1.82) is 0 Å². The second kappa shape index (κ2) is 5.65. The highest BCUT2D eigenvalue weighted by Crippen LogP contribution is 2.30. The van der Waals surface area contributed by atoms with Crippen LogP contribution in [0.2, 0.25) is 5.02 Å². The summed E-state index contributed by atoms with van der Waals surface area (Å²) in [6, 6.07) is 0.716. The summed E-state index contributed by atoms with van der Waals surface area (Å²) < 4.78 is 36.9. The minimum absolute atomic E-state index is 0.0147. The van der Waals surface area contributed by atoms with Gasteiger partial charge < -0.3 is 5.73 Å². The van der Waals surface area contributed by atoms with Gasteiger partial charge in [0.1, 0.15) is 5.69 Å². The van der Waals surface area contributed by atoms with Crippen molar-refractivity contribution in [2.75, 3.05) is 0 Å². The maximum Gasteiger partial charge on any atom is 0.417 e. The van der Waals surface area contributed by atoms with Gasteiger partial charge in [0.25, 0.3) is 0 Å². The Bertz CT molecular complexity index is 488. The van der Waals surface area contributed by atoms with Gasteiger partial charge in [0.05, 0.1) is 16.8 Å². The monoisotopic (exact) mass is 281 g/mol. The summed E-state index contributed by atoms with van der Waals surface area (Å²) in [5.74, 6) is -0.394. The summed E-state index contributed by atoms with van der Waals surface area (Å²) in [6.45, 7) is 0. The molecule has 4 N–H and O–H groups in total. The van der Waals surface area contributed by atoms with Crippen molar-refractivity contribution in [3.8, 4) is 0 Å². The molecule has 1 aromatic rings. The van der Waals surface area contributed by atoms with Crippen molar-refractivity contribution >= 4 is 23.8 Å². The molecule has 0 aromatic carbocycles. The number of guanidine groups is 1. The smallest absolute Gasteiger partial charge is 0.367 e. The van der Waals surface area contributed by atoms with E-state index in [1.807, 2.05) is 0 Å². The fourth-order valence-corrected chi connectivity index (χ4v) is 1.08. The van der Waals surface area contributed by atoms with Gasteiger partial charge in [-0.3, -0.25) is 10.2 Å². The summed E-state index contributed by atoms with van der Waals surface area (Å²) in [5.41, 5.74) is 5.55. The van der Waals surface area contributed by atoms with Crippen molar-refractivity contribution in [3.63, 3.8) is 0 Å². The van der Waals surface area contributed by atoms with Gasteiger partial charge in [-0.2, -0.15) is 18.3 Å². The molecular weight excluding hydrogens is 275 g/mol. The van der Waals surface area contributed by atoms with Crippen LogP contribution in [0.1, 0.15) is 11.3 Å². The molecule has 0 unspecified atom stereocenters. The van der Waals surface area contributed by atoms with Crippen LogP contribution in [0.5, 0.6) is 0 Å². The Morgan fingerprint density at radius 2 is 2.22 bits per heavy atom. The zero-order chi connectivity index (χ0) is 13.8. The average molecular weight is 282 g/mol. The maximum absolute atomic E-state index is 12.3. The van der Waals surface area contributed by atoms with Gasteiger partial charge in [-0.25, -0.2) is 5.48 Å². The molecule has 0 aliphatic heterocycles. The Morgan fingerprint density at radius 1 is 1.56 bits per heavy atom. The number of aromatic nitrogens is 1. The lowest BCUT2D eigenvalue weighted by atomic mass is 10.2. The van der Waals surface area contributed by atoms with Crippen LogP contribution in [-0.2, 0) is 6.18 Å². The third kappa shape index (κ3) is 3.86. The minimum atomic E-state index is -4.52. The van der Waals surface area contributed by atoms with Gasteiger partial charge >= 0.3 is 6.18 Å². The first-order valence-corrected chi connectivity index (χ1v) is 4.71. The highest BCUT2D eigenvalue weighted by Gasteiger charge is 2.31. The van der Waals surface area contributed by atoms with Gasteiger partial charge in [-0.1, -0.05) is 11.6 Å². The molecule has 0 bridgehead atoms. The number of nitrogens with two attached hydrogens (primary N) is 1. The van der Waals surface area contributed by atoms with E-state index in [4.69, 9.17) is 22.5 Å². The first-order valence-electron chi connectivity index (χ1n) is 4.34. The first-order chi connectivity index (χ1) is 8.34. The molecule has 6 nitrogen and oxygen atoms in total. The number of pyridine rings is 1. The number of nitrogens with one attached hydrogen (secondary N) is 1. The van der Waals surface area contributed by atoms with Gasteiger partial charge in [-0.05, 0) is 6.07 Å². The highest BCUT2D eigenvalue weighted by molar-refractivity contribution is 6.32. The second-order valence-electron chi connectivity index (χ2n) is 2.93. The quantitative estimate of drug-likeness (QED) is 0.433. The van der Waals surface area contributed by atoms with E-state index in [9.17, 15) is 13.2 Å². The fourth-order valence-electron chi connectivity index (χ4n) is 0.867. The van der Waals surface area contributed by atoms with Gasteiger partial charge in [0.2, 0.25) is 5.96 Å². The Morgan fingerprint density at radius 3 is 2.72 bits per heavy atom. The van der Waals surface area contributed by atoms with E-state index in [2.05, 4.69) is 15.2 Å². The van der Waals surface area contributed by atoms with Crippen LogP contribution >= 0.6 is 11.6 Å². The zero-order valence-corrected chi connectivity index (χ0v) is 9.37. The standard InChI is InChI=1S/C8H7ClF3N5O/c9-5-1-4(8(10,11)12)2-14-6(5)3-15-16-7(13)17-18/h1-3,18H,(H3,13,16,17). The van der Waals surface area contributed by atoms with Gasteiger partial charge in [0, 0.05) is 6.20 Å². The summed E-state index contributed by atoms with van der Waals surface area (Å²) >= 11 is 5.59. The number of hydroxylamine groups is 1. The lowest BCUT2D eigenvalue weighted by Gasteiger charge is -2.06. The topological polar surface area (TPSA) is 95.9 Å². The van der Waals surface area contributed by atoms with Crippen LogP contribution in [0.4, 0.5) is 13.2 Å². The number of alkyl halides is 3. The second-order valence-corrected chi connectivity index (χ2v) is 3.34. The number of rotatable bonds is 2. The summed E-state index contributed by atoms with van der Waals surface area (Å²) in [6.07, 6.45) is -2.91. The molecule has 18 heavy (non-hydrogen) atoms. The van der Waals surface area contributed by atoms with Crippen LogP contribution in [-0.4, -0.2) is 22.4 Å². The number of nitrogens with zero attached hydrogens (tertiary/aromatic N) is 3. The Kier molecular flexibility index (Phi) is 4.45. The molecule has 0 atom stereocenters. The van der Waals surface area contributed by atoms with Crippen LogP contribution in [0.3, 0.4) is 0 Å². The Balaban J connectivity index is 2.94. The van der Waals surface area contributed by atoms with Crippen LogP contribution in [0.15, 0.2) is 22.5 Å². The molecule has 10 heteroatoms. The van der Waals surface area contributed by atoms with E-state index >= 15 is 0 Å². The predicted octanol–water partition coefficient (Wildman–Crippen LogP) is 1.38. The third-order valence-electron chi connectivity index (χ3n) is 1.66. The zero-order valence-electron chi connectivity index (χ0n) is 8.61. The van der Waals surface area contributed by atoms with E-state index in [0.717, 1.165) is 6.21 Å². The van der Waals surface area contributed by atoms with E-state index in [1.54, 1.807) is 0 Å². The van der Waals surface area contributed by atoms with Crippen molar-refractivity contribution < 1.29 is 18.4 Å². The van der Waals surface area contributed by atoms with Crippen molar-refractivity contribution in [1.82, 2.24) is 10.5 Å². The van der Waals surface area contributed by atoms with Crippen molar-refractivity contribution in [2.45, 2.75) is 6.18 Å². The van der Waals surface area contributed by atoms with E-state index < -0.39 is 17.7 Å². The number of halogens is 4. The largest absolute Gasteiger partial charge is 0.417 e. The fraction of sp³-hybridized carbons (Fsp3) is 0.125. The molecule has 1 rings (SSSR count). The van der Waals surface area contributed by atoms with E-state index in [1.165, 1.54) is 5.48 Å². The lowest BCUT2D eigenvalue weighted by molar-refractivity contribution is -0.137. The molecule has 0 amide bonds. The lowest BCUT2D eigenvalue weighted by Crippen LogP contribution is -2.27. The average Bonchev–Trinajstić information content (AvgIpc) is 2.29. The molecule has 0 radical (unpaired) electrons. The molecular formula is C8H7ClF3N5O. The van der Waals surface area contributed by atoms with Crippen LogP contribution < -0.4 is 11.2 Å². The van der Waals surface area contributed by atoms with E-state index in [0.29, 0.717) is 12.3 Å². The SMILES string of the molecule is NC(=NN=Cc1ncc(C(F)(F)F)cc1Cl)NO. The number of hydrogen-bond donors (Lipinski definition) is 3. The minimum Gasteiger partial charge on any atom is -0.367 e. The maximum atomic E-state index is 12.3. The summed E-state index contributed by atoms with van der Waals surface area (Å²) in [7, 11) is 0. The molecule has 1 aromatic heterocycles. The first kappa shape index (κ1) is 14.2. The molecule has 98 valence electrons. The molecule has 0 aliphatic rings. The van der Waals surface area contributed by atoms with Crippen LogP contribution in [0, 0.1) is 0 Å². The van der Waals surface area contributed by atoms with E-state index in [-0.39, 0.29) is 10.7 Å². The molecule has 0 fully saturated rings. The summed E-state index contributed by atoms with van der Waals surface area (Å²) in [5, 5.41) is 14.6. The normalized spacial score (nSPS) is 13.1. The van der Waals surface area contributed by atoms with Crippen molar-refractivity contribution in [2.24, 2.45) is 15.9 Å². The predicted molar refractivity (Wildman–Crippen MR) is 58.4 cm³/mol. The van der Waals surface area contributed by atoms with Gasteiger partial charge in [-0.15, -0.1) is 5.10 Å². The van der Waals surface area contributed by atoms with Crippen molar-refractivity contribution in [3.05, 3.63) is 28.5 Å². The summed E-state index contributed by atoms with van der Waals surface area (Å²) in [4.78, 5) is 3.47. The molecule has 1 heterocycles. The molecule has 0 saturated carbocycles. The molecule has 0 spiro atoms. The third-order valence-corrected chi connectivity index (χ3v) is 1.96. The van der Waals surface area contributed by atoms with Gasteiger partial charge in [0.15, 0.2) is 0 Å². The van der Waals surface area contributed by atoms with Crippen LogP contribution in [0.25, 0.3) is 0 Å². The highest BCUT2D eigenvalue weighted by atomic mass is 35.5. The Labute approximate surface area is 104 Å². The molecule has 0 aliphatic carbocycles.